The zero-order valence-electron chi connectivity index (χ0n) is 16.5. The van der Waals surface area contributed by atoms with Gasteiger partial charge < -0.3 is 31.5 Å². The van der Waals surface area contributed by atoms with Crippen molar-refractivity contribution in [3.63, 3.8) is 0 Å². The van der Waals surface area contributed by atoms with Gasteiger partial charge in [-0.2, -0.15) is 0 Å². The van der Waals surface area contributed by atoms with Crippen LogP contribution in [-0.2, 0) is 14.4 Å². The molecular weight excluding hydrogens is 396 g/mol. The number of nitrogens with zero attached hydrogens (tertiary/aromatic N) is 1. The lowest BCUT2D eigenvalue weighted by atomic mass is 9.79. The number of aliphatic hydroxyl groups is 1. The van der Waals surface area contributed by atoms with Crippen LogP contribution in [0.2, 0.25) is 0 Å². The van der Waals surface area contributed by atoms with E-state index >= 15 is 0 Å². The van der Waals surface area contributed by atoms with Gasteiger partial charge in [-0.25, -0.2) is 4.79 Å². The molecule has 0 aromatic rings. The molecule has 0 aromatic heterocycles. The lowest BCUT2D eigenvalue weighted by molar-refractivity contribution is -0.163. The molecule has 0 aromatic carbocycles. The van der Waals surface area contributed by atoms with Crippen molar-refractivity contribution in [1.82, 2.24) is 15.5 Å². The molecule has 0 radical (unpaired) electrons. The lowest BCUT2D eigenvalue weighted by Gasteiger charge is -2.46. The number of carboxylic acid groups (broad SMARTS) is 1. The predicted molar refractivity (Wildman–Crippen MR) is 107 cm³/mol. The second-order valence-electron chi connectivity index (χ2n) is 8.62. The highest BCUT2D eigenvalue weighted by atomic mass is 32.2. The summed E-state index contributed by atoms with van der Waals surface area (Å²) in [6.45, 7) is 4.85. The summed E-state index contributed by atoms with van der Waals surface area (Å²) in [4.78, 5) is 38.0. The Balaban J connectivity index is 1.43. The number of aliphatic hydroxyl groups excluding tert-OH is 1. The predicted octanol–water partition coefficient (Wildman–Crippen LogP) is -0.933. The molecule has 9 nitrogen and oxygen atoms in total. The minimum atomic E-state index is -1.09. The number of carbonyl (C=O) groups excluding carboxylic acids is 2. The molecule has 4 aliphatic rings. The summed E-state index contributed by atoms with van der Waals surface area (Å²) in [5.41, 5.74) is 6.02. The zero-order chi connectivity index (χ0) is 21.0. The third-order valence-corrected chi connectivity index (χ3v) is 8.23. The molecule has 29 heavy (non-hydrogen) atoms. The first-order valence-corrected chi connectivity index (χ1v) is 11.0. The topological polar surface area (TPSA) is 145 Å². The number of hydrogen-bond acceptors (Lipinski definition) is 7. The Morgan fingerprint density at radius 1 is 1.38 bits per heavy atom. The number of carboxylic acids is 1. The van der Waals surface area contributed by atoms with Crippen LogP contribution in [0.5, 0.6) is 0 Å². The van der Waals surface area contributed by atoms with E-state index in [4.69, 9.17) is 5.73 Å². The molecule has 2 unspecified atom stereocenters. The van der Waals surface area contributed by atoms with Crippen molar-refractivity contribution in [3.8, 4) is 0 Å². The number of hydrogen-bond donors (Lipinski definition) is 5. The molecule has 2 amide bonds. The van der Waals surface area contributed by atoms with Crippen LogP contribution in [0.3, 0.4) is 0 Å². The quantitative estimate of drug-likeness (QED) is 0.344. The number of nitrogens with one attached hydrogen (secondary N) is 2. The minimum absolute atomic E-state index is 0.0745. The summed E-state index contributed by atoms with van der Waals surface area (Å²) in [6, 6.07) is -0.521. The van der Waals surface area contributed by atoms with Crippen LogP contribution >= 0.6 is 11.8 Å². The van der Waals surface area contributed by atoms with E-state index in [1.807, 2.05) is 6.92 Å². The van der Waals surface area contributed by atoms with E-state index in [1.165, 1.54) is 16.7 Å². The molecule has 0 aliphatic carbocycles. The van der Waals surface area contributed by atoms with Gasteiger partial charge in [0.1, 0.15) is 5.70 Å². The SMILES string of the molecule is C[C@@H](O)[C@H]1C(=O)N2C(C(=O)O)=C(S[C@@H]3CN[C@H](CC4CNC(=O)C4N)C3)[C@H](C)[C@H]12. The van der Waals surface area contributed by atoms with Crippen LogP contribution < -0.4 is 16.4 Å². The van der Waals surface area contributed by atoms with E-state index in [0.717, 1.165) is 24.3 Å². The third kappa shape index (κ3) is 3.35. The lowest BCUT2D eigenvalue weighted by Crippen LogP contribution is -2.63. The smallest absolute Gasteiger partial charge is 0.353 e. The molecule has 8 atom stereocenters. The Labute approximate surface area is 173 Å². The molecular formula is C19H28N4O5S. The summed E-state index contributed by atoms with van der Waals surface area (Å²) in [6.07, 6.45) is 0.855. The van der Waals surface area contributed by atoms with Crippen molar-refractivity contribution in [2.24, 2.45) is 23.5 Å². The molecule has 3 fully saturated rings. The van der Waals surface area contributed by atoms with Crippen LogP contribution in [0.15, 0.2) is 10.6 Å². The fourth-order valence-electron chi connectivity index (χ4n) is 5.20. The first-order valence-electron chi connectivity index (χ1n) is 10.1. The van der Waals surface area contributed by atoms with Gasteiger partial charge in [-0.3, -0.25) is 9.59 Å². The highest BCUT2D eigenvalue weighted by Gasteiger charge is 2.60. The van der Waals surface area contributed by atoms with Gasteiger partial charge in [-0.15, -0.1) is 11.8 Å². The van der Waals surface area contributed by atoms with Crippen molar-refractivity contribution < 1.29 is 24.6 Å². The molecule has 4 rings (SSSR count). The van der Waals surface area contributed by atoms with Crippen LogP contribution in [0, 0.1) is 17.8 Å². The average Bonchev–Trinajstić information content (AvgIpc) is 3.28. The number of thioether (sulfide) groups is 1. The minimum Gasteiger partial charge on any atom is -0.477 e. The van der Waals surface area contributed by atoms with Crippen LogP contribution in [0.1, 0.15) is 26.7 Å². The number of fused-ring (bicyclic) bond motifs is 1. The normalized spacial score (nSPS) is 40.1. The maximum Gasteiger partial charge on any atom is 0.353 e. The first kappa shape index (κ1) is 20.6. The maximum atomic E-state index is 12.4. The fraction of sp³-hybridized carbons (Fsp3) is 0.737. The molecule has 4 heterocycles. The van der Waals surface area contributed by atoms with Gasteiger partial charge in [0.15, 0.2) is 0 Å². The first-order chi connectivity index (χ1) is 13.7. The van der Waals surface area contributed by atoms with Crippen molar-refractivity contribution in [1.29, 1.82) is 0 Å². The van der Waals surface area contributed by atoms with Gasteiger partial charge in [0.05, 0.1) is 24.1 Å². The molecule has 0 saturated carbocycles. The van der Waals surface area contributed by atoms with E-state index in [9.17, 15) is 24.6 Å². The van der Waals surface area contributed by atoms with Crippen LogP contribution in [-0.4, -0.2) is 75.5 Å². The van der Waals surface area contributed by atoms with E-state index < -0.39 is 24.0 Å². The van der Waals surface area contributed by atoms with E-state index in [2.05, 4.69) is 10.6 Å². The molecule has 3 saturated heterocycles. The number of rotatable bonds is 6. The highest BCUT2D eigenvalue weighted by molar-refractivity contribution is 8.03. The summed E-state index contributed by atoms with van der Waals surface area (Å²) in [7, 11) is 0. The highest BCUT2D eigenvalue weighted by Crippen LogP contribution is 2.51. The summed E-state index contributed by atoms with van der Waals surface area (Å²) in [5, 5.41) is 26.1. The van der Waals surface area contributed by atoms with Crippen LogP contribution in [0.25, 0.3) is 0 Å². The molecule has 4 aliphatic heterocycles. The fourth-order valence-corrected chi connectivity index (χ4v) is 6.71. The second kappa shape index (κ2) is 7.57. The molecule has 10 heteroatoms. The molecule has 0 spiro atoms. The number of amides is 2. The van der Waals surface area contributed by atoms with Gasteiger partial charge in [-0.05, 0) is 19.8 Å². The summed E-state index contributed by atoms with van der Waals surface area (Å²) in [5.74, 6) is -2.05. The number of β-lactam (4-membered cyclic amide) rings is 1. The third-order valence-electron chi connectivity index (χ3n) is 6.72. The van der Waals surface area contributed by atoms with Crippen molar-refractivity contribution in [3.05, 3.63) is 10.6 Å². The Morgan fingerprint density at radius 2 is 2.10 bits per heavy atom. The van der Waals surface area contributed by atoms with Gasteiger partial charge in [0.2, 0.25) is 11.8 Å². The second-order valence-corrected chi connectivity index (χ2v) is 9.96. The van der Waals surface area contributed by atoms with Crippen molar-refractivity contribution in [2.45, 2.75) is 56.2 Å². The van der Waals surface area contributed by atoms with Gasteiger partial charge >= 0.3 is 5.97 Å². The zero-order valence-corrected chi connectivity index (χ0v) is 17.3. The number of nitrogens with two attached hydrogens (primary N) is 1. The average molecular weight is 425 g/mol. The summed E-state index contributed by atoms with van der Waals surface area (Å²) < 4.78 is 0. The largest absolute Gasteiger partial charge is 0.477 e. The van der Waals surface area contributed by atoms with Gasteiger partial charge in [0.25, 0.3) is 0 Å². The van der Waals surface area contributed by atoms with Gasteiger partial charge in [0, 0.05) is 41.1 Å². The number of carbonyl (C=O) groups is 3. The Morgan fingerprint density at radius 3 is 2.69 bits per heavy atom. The Bertz CT molecular complexity index is 772. The molecule has 0 bridgehead atoms. The van der Waals surface area contributed by atoms with E-state index in [-0.39, 0.29) is 46.7 Å². The maximum absolute atomic E-state index is 12.4. The number of aliphatic carboxylic acids is 1. The van der Waals surface area contributed by atoms with E-state index in [1.54, 1.807) is 6.92 Å². The van der Waals surface area contributed by atoms with Crippen molar-refractivity contribution >= 4 is 29.5 Å². The monoisotopic (exact) mass is 424 g/mol. The standard InChI is InChI=1S/C19H28N4O5S/c1-7-14-12(8(2)24)18(26)23(14)15(19(27)28)16(7)29-11-4-10(21-6-11)3-9-5-22-17(25)13(9)20/h7-14,21,24H,3-6,20H2,1-2H3,(H,22,25)(H,27,28)/t7-,8-,9?,10-,11+,12-,13?,14-/m1/s1. The summed E-state index contributed by atoms with van der Waals surface area (Å²) >= 11 is 1.53. The Hall–Kier alpha value is -1.62. The Kier molecular flexibility index (Phi) is 5.39. The van der Waals surface area contributed by atoms with E-state index in [0.29, 0.717) is 6.54 Å². The van der Waals surface area contributed by atoms with Gasteiger partial charge in [-0.1, -0.05) is 6.92 Å². The molecule has 160 valence electrons. The van der Waals surface area contributed by atoms with Crippen molar-refractivity contribution in [2.75, 3.05) is 13.1 Å². The molecule has 6 N–H and O–H groups in total. The van der Waals surface area contributed by atoms with Crippen LogP contribution in [0.4, 0.5) is 0 Å².